The topological polar surface area (TPSA) is 80.2 Å². The summed E-state index contributed by atoms with van der Waals surface area (Å²) in [6.45, 7) is 1.26. The average molecular weight is 337 g/mol. The molecular weight excluding hydrogens is 320 g/mol. The van der Waals surface area contributed by atoms with Crippen LogP contribution in [0.4, 0.5) is 5.82 Å². The fourth-order valence-electron chi connectivity index (χ4n) is 2.58. The standard InChI is InChI=1S/C15H17ClN4O3/c1-19-15(22)17-14(21)13(18-19)20-8-6-10(7-9-20)23-12-5-3-2-4-11(12)16/h2-5,10H,6-9H2,1H3,(H,17,21,22). The first-order valence-corrected chi connectivity index (χ1v) is 7.76. The maximum absolute atomic E-state index is 11.9. The zero-order chi connectivity index (χ0) is 16.4. The molecule has 0 unspecified atom stereocenters. The zero-order valence-electron chi connectivity index (χ0n) is 12.7. The molecule has 0 aliphatic carbocycles. The number of halogens is 1. The third kappa shape index (κ3) is 3.39. The zero-order valence-corrected chi connectivity index (χ0v) is 13.4. The van der Waals surface area contributed by atoms with E-state index in [0.29, 0.717) is 23.9 Å². The summed E-state index contributed by atoms with van der Waals surface area (Å²) in [6.07, 6.45) is 1.53. The van der Waals surface area contributed by atoms with Crippen molar-refractivity contribution in [1.29, 1.82) is 0 Å². The summed E-state index contributed by atoms with van der Waals surface area (Å²) in [5.41, 5.74) is -0.978. The van der Waals surface area contributed by atoms with Gasteiger partial charge in [0.1, 0.15) is 11.9 Å². The van der Waals surface area contributed by atoms with Crippen LogP contribution in [0.25, 0.3) is 0 Å². The van der Waals surface area contributed by atoms with Crippen molar-refractivity contribution in [1.82, 2.24) is 14.8 Å². The number of anilines is 1. The lowest BCUT2D eigenvalue weighted by Crippen LogP contribution is -2.43. The molecule has 8 heteroatoms. The van der Waals surface area contributed by atoms with Crippen molar-refractivity contribution in [3.63, 3.8) is 0 Å². The normalized spacial score (nSPS) is 15.7. The molecule has 0 atom stereocenters. The lowest BCUT2D eigenvalue weighted by Gasteiger charge is -2.32. The molecule has 1 fully saturated rings. The molecule has 0 bridgehead atoms. The quantitative estimate of drug-likeness (QED) is 0.910. The second kappa shape index (κ2) is 6.45. The molecule has 122 valence electrons. The maximum atomic E-state index is 11.9. The first kappa shape index (κ1) is 15.6. The second-order valence-electron chi connectivity index (χ2n) is 5.44. The Balaban J connectivity index is 1.67. The Morgan fingerprint density at radius 2 is 1.96 bits per heavy atom. The molecule has 0 saturated carbocycles. The van der Waals surface area contributed by atoms with Gasteiger partial charge in [-0.2, -0.15) is 0 Å². The van der Waals surface area contributed by atoms with E-state index in [0.717, 1.165) is 17.5 Å². The van der Waals surface area contributed by atoms with E-state index in [1.54, 1.807) is 6.07 Å². The highest BCUT2D eigenvalue weighted by atomic mass is 35.5. The van der Waals surface area contributed by atoms with Crippen LogP contribution in [0.1, 0.15) is 12.8 Å². The van der Waals surface area contributed by atoms with Crippen molar-refractivity contribution >= 4 is 17.4 Å². The molecule has 3 rings (SSSR count). The molecule has 7 nitrogen and oxygen atoms in total. The van der Waals surface area contributed by atoms with Gasteiger partial charge in [0.2, 0.25) is 5.82 Å². The van der Waals surface area contributed by atoms with Crippen molar-refractivity contribution in [2.24, 2.45) is 7.05 Å². The number of aromatic nitrogens is 3. The number of hydrogen-bond acceptors (Lipinski definition) is 5. The Morgan fingerprint density at radius 1 is 1.26 bits per heavy atom. The number of ether oxygens (including phenoxy) is 1. The molecule has 2 aromatic rings. The van der Waals surface area contributed by atoms with Crippen LogP contribution in [0, 0.1) is 0 Å². The molecule has 1 aromatic heterocycles. The van der Waals surface area contributed by atoms with Crippen molar-refractivity contribution in [2.45, 2.75) is 18.9 Å². The Kier molecular flexibility index (Phi) is 4.38. The predicted octanol–water partition coefficient (Wildman–Crippen LogP) is 1.17. The average Bonchev–Trinajstić information content (AvgIpc) is 2.54. The summed E-state index contributed by atoms with van der Waals surface area (Å²) in [5, 5.41) is 4.63. The monoisotopic (exact) mass is 336 g/mol. The molecule has 1 aliphatic heterocycles. The number of aryl methyl sites for hydroxylation is 1. The molecule has 23 heavy (non-hydrogen) atoms. The third-order valence-electron chi connectivity index (χ3n) is 3.83. The van der Waals surface area contributed by atoms with Crippen LogP contribution in [-0.4, -0.2) is 34.0 Å². The minimum atomic E-state index is -0.518. The summed E-state index contributed by atoms with van der Waals surface area (Å²) in [5.74, 6) is 0.939. The Morgan fingerprint density at radius 3 is 2.65 bits per heavy atom. The van der Waals surface area contributed by atoms with Crippen molar-refractivity contribution in [3.05, 3.63) is 50.1 Å². The van der Waals surface area contributed by atoms with Gasteiger partial charge in [-0.05, 0) is 12.1 Å². The summed E-state index contributed by atoms with van der Waals surface area (Å²) in [7, 11) is 1.51. The Labute approximate surface area is 137 Å². The van der Waals surface area contributed by atoms with E-state index in [9.17, 15) is 9.59 Å². The van der Waals surface area contributed by atoms with Gasteiger partial charge in [0.15, 0.2) is 0 Å². The molecule has 0 amide bonds. The van der Waals surface area contributed by atoms with Gasteiger partial charge in [-0.15, -0.1) is 5.10 Å². The van der Waals surface area contributed by atoms with E-state index < -0.39 is 11.2 Å². The molecule has 1 N–H and O–H groups in total. The van der Waals surface area contributed by atoms with Crippen LogP contribution in [-0.2, 0) is 7.05 Å². The van der Waals surface area contributed by atoms with E-state index in [1.807, 2.05) is 23.1 Å². The summed E-state index contributed by atoms with van der Waals surface area (Å²) < 4.78 is 7.05. The predicted molar refractivity (Wildman–Crippen MR) is 87.4 cm³/mol. The maximum Gasteiger partial charge on any atom is 0.344 e. The highest BCUT2D eigenvalue weighted by Gasteiger charge is 2.24. The molecule has 1 aliphatic rings. The van der Waals surface area contributed by atoms with Gasteiger partial charge in [0, 0.05) is 33.0 Å². The molecule has 0 spiro atoms. The van der Waals surface area contributed by atoms with Crippen LogP contribution in [0.2, 0.25) is 5.02 Å². The van der Waals surface area contributed by atoms with Crippen molar-refractivity contribution in [3.8, 4) is 5.75 Å². The fraction of sp³-hybridized carbons (Fsp3) is 0.400. The highest BCUT2D eigenvalue weighted by Crippen LogP contribution is 2.27. The van der Waals surface area contributed by atoms with Crippen molar-refractivity contribution in [2.75, 3.05) is 18.0 Å². The minimum Gasteiger partial charge on any atom is -0.489 e. The number of rotatable bonds is 3. The van der Waals surface area contributed by atoms with Gasteiger partial charge in [0.25, 0.3) is 5.56 Å². The van der Waals surface area contributed by atoms with Crippen molar-refractivity contribution < 1.29 is 4.74 Å². The van der Waals surface area contributed by atoms with Crippen LogP contribution in [0.15, 0.2) is 33.9 Å². The number of benzene rings is 1. The minimum absolute atomic E-state index is 0.0396. The van der Waals surface area contributed by atoms with E-state index >= 15 is 0 Å². The number of nitrogens with zero attached hydrogens (tertiary/aromatic N) is 3. The summed E-state index contributed by atoms with van der Waals surface area (Å²) in [6, 6.07) is 7.37. The van der Waals surface area contributed by atoms with Crippen LogP contribution in [0.3, 0.4) is 0 Å². The molecule has 2 heterocycles. The highest BCUT2D eigenvalue weighted by molar-refractivity contribution is 6.32. The van der Waals surface area contributed by atoms with E-state index in [2.05, 4.69) is 10.1 Å². The number of piperidine rings is 1. The molecule has 0 radical (unpaired) electrons. The summed E-state index contributed by atoms with van der Waals surface area (Å²) >= 11 is 6.10. The van der Waals surface area contributed by atoms with E-state index in [4.69, 9.17) is 16.3 Å². The lowest BCUT2D eigenvalue weighted by atomic mass is 10.1. The number of hydrogen-bond donors (Lipinski definition) is 1. The lowest BCUT2D eigenvalue weighted by molar-refractivity contribution is 0.170. The van der Waals surface area contributed by atoms with Gasteiger partial charge in [0.05, 0.1) is 5.02 Å². The number of para-hydroxylation sites is 1. The molecular formula is C15H17ClN4O3. The number of H-pyrrole nitrogens is 1. The van der Waals surface area contributed by atoms with Gasteiger partial charge >= 0.3 is 5.69 Å². The number of nitrogens with one attached hydrogen (secondary N) is 1. The van der Waals surface area contributed by atoms with Gasteiger partial charge in [-0.3, -0.25) is 9.78 Å². The van der Waals surface area contributed by atoms with Gasteiger partial charge in [-0.25, -0.2) is 9.48 Å². The Bertz CT molecular complexity index is 809. The van der Waals surface area contributed by atoms with E-state index in [-0.39, 0.29) is 11.9 Å². The largest absolute Gasteiger partial charge is 0.489 e. The first-order valence-electron chi connectivity index (χ1n) is 7.38. The molecule has 1 saturated heterocycles. The molecule has 1 aromatic carbocycles. The third-order valence-corrected chi connectivity index (χ3v) is 4.15. The second-order valence-corrected chi connectivity index (χ2v) is 5.85. The fourth-order valence-corrected chi connectivity index (χ4v) is 2.76. The van der Waals surface area contributed by atoms with Gasteiger partial charge in [-0.1, -0.05) is 23.7 Å². The van der Waals surface area contributed by atoms with Gasteiger partial charge < -0.3 is 9.64 Å². The SMILES string of the molecule is Cn1nc(N2CCC(Oc3ccccc3Cl)CC2)c(=O)[nH]c1=O. The van der Waals surface area contributed by atoms with Crippen LogP contribution in [0.5, 0.6) is 5.75 Å². The van der Waals surface area contributed by atoms with Crippen LogP contribution >= 0.6 is 11.6 Å². The first-order chi connectivity index (χ1) is 11.0. The van der Waals surface area contributed by atoms with Crippen LogP contribution < -0.4 is 20.9 Å². The summed E-state index contributed by atoms with van der Waals surface area (Å²) in [4.78, 5) is 27.4. The smallest absolute Gasteiger partial charge is 0.344 e. The Hall–Kier alpha value is -2.28. The van der Waals surface area contributed by atoms with E-state index in [1.165, 1.54) is 7.05 Å². The number of aromatic amines is 1.